The van der Waals surface area contributed by atoms with Gasteiger partial charge in [-0.25, -0.2) is 0 Å². The van der Waals surface area contributed by atoms with Crippen LogP contribution in [0.25, 0.3) is 0 Å². The number of nitrogens with two attached hydrogens (primary N) is 1. The zero-order valence-electron chi connectivity index (χ0n) is 11.4. The van der Waals surface area contributed by atoms with Crippen molar-refractivity contribution in [2.24, 2.45) is 0 Å². The summed E-state index contributed by atoms with van der Waals surface area (Å²) >= 11 is 0. The number of phenols is 1. The van der Waals surface area contributed by atoms with Crippen LogP contribution in [0, 0.1) is 0 Å². The summed E-state index contributed by atoms with van der Waals surface area (Å²) in [4.78, 5) is 6.59. The van der Waals surface area contributed by atoms with Crippen LogP contribution in [0.4, 0.5) is 5.69 Å². The number of aromatic hydroxyl groups is 1. The molecule has 0 amide bonds. The first-order chi connectivity index (χ1) is 9.74. The van der Waals surface area contributed by atoms with Crippen molar-refractivity contribution in [2.45, 2.75) is 25.4 Å². The van der Waals surface area contributed by atoms with Crippen LogP contribution in [0.2, 0.25) is 0 Å². The van der Waals surface area contributed by atoms with Crippen LogP contribution in [0.15, 0.2) is 42.7 Å². The van der Waals surface area contributed by atoms with Gasteiger partial charge in [0, 0.05) is 36.2 Å². The molecule has 104 valence electrons. The van der Waals surface area contributed by atoms with Crippen LogP contribution in [0.3, 0.4) is 0 Å². The van der Waals surface area contributed by atoms with E-state index in [1.54, 1.807) is 18.3 Å². The minimum Gasteiger partial charge on any atom is -0.508 e. The summed E-state index contributed by atoms with van der Waals surface area (Å²) in [5, 5.41) is 9.96. The number of rotatable bonds is 3. The van der Waals surface area contributed by atoms with Crippen molar-refractivity contribution in [1.82, 2.24) is 9.88 Å². The molecule has 3 rings (SSSR count). The molecular weight excluding hydrogens is 250 g/mol. The van der Waals surface area contributed by atoms with Crippen LogP contribution < -0.4 is 5.73 Å². The van der Waals surface area contributed by atoms with E-state index in [-0.39, 0.29) is 0 Å². The normalized spacial score (nSPS) is 19.3. The first-order valence-corrected chi connectivity index (χ1v) is 6.95. The van der Waals surface area contributed by atoms with E-state index in [2.05, 4.69) is 16.0 Å². The smallest absolute Gasteiger partial charge is 0.120 e. The van der Waals surface area contributed by atoms with E-state index in [1.165, 1.54) is 12.0 Å². The molecular formula is C16H19N3O. The molecule has 0 aliphatic carbocycles. The van der Waals surface area contributed by atoms with Crippen molar-refractivity contribution in [2.75, 3.05) is 12.3 Å². The summed E-state index contributed by atoms with van der Waals surface area (Å²) in [7, 11) is 0. The van der Waals surface area contributed by atoms with Crippen molar-refractivity contribution < 1.29 is 5.11 Å². The van der Waals surface area contributed by atoms with Crippen LogP contribution >= 0.6 is 0 Å². The Hall–Kier alpha value is -2.07. The number of phenolic OH excluding ortho intramolecular Hbond substituents is 1. The molecule has 1 unspecified atom stereocenters. The first kappa shape index (κ1) is 12.9. The van der Waals surface area contributed by atoms with Gasteiger partial charge < -0.3 is 10.8 Å². The van der Waals surface area contributed by atoms with E-state index < -0.39 is 0 Å². The molecule has 20 heavy (non-hydrogen) atoms. The highest BCUT2D eigenvalue weighted by Crippen LogP contribution is 2.34. The van der Waals surface area contributed by atoms with Gasteiger partial charge in [0.2, 0.25) is 0 Å². The summed E-state index contributed by atoms with van der Waals surface area (Å²) in [6, 6.07) is 9.72. The summed E-state index contributed by atoms with van der Waals surface area (Å²) in [6.07, 6.45) is 6.03. The van der Waals surface area contributed by atoms with Gasteiger partial charge in [0.15, 0.2) is 0 Å². The van der Waals surface area contributed by atoms with E-state index in [0.717, 1.165) is 25.1 Å². The molecule has 1 atom stereocenters. The summed E-state index contributed by atoms with van der Waals surface area (Å²) in [6.45, 7) is 1.75. The van der Waals surface area contributed by atoms with Gasteiger partial charge in [0.25, 0.3) is 0 Å². The van der Waals surface area contributed by atoms with Crippen LogP contribution in [0.5, 0.6) is 5.75 Å². The lowest BCUT2D eigenvalue weighted by atomic mass is 10.1. The Bertz CT molecular complexity index is 586. The minimum absolute atomic E-state index is 0.316. The Balaban J connectivity index is 1.81. The van der Waals surface area contributed by atoms with Gasteiger partial charge in [-0.05, 0) is 49.2 Å². The van der Waals surface area contributed by atoms with Crippen molar-refractivity contribution >= 4 is 5.69 Å². The third-order valence-electron chi connectivity index (χ3n) is 3.91. The largest absolute Gasteiger partial charge is 0.508 e. The third kappa shape index (κ3) is 2.60. The van der Waals surface area contributed by atoms with Crippen molar-refractivity contribution in [3.63, 3.8) is 0 Å². The second-order valence-corrected chi connectivity index (χ2v) is 5.30. The topological polar surface area (TPSA) is 62.4 Å². The van der Waals surface area contributed by atoms with Gasteiger partial charge in [-0.2, -0.15) is 0 Å². The van der Waals surface area contributed by atoms with Crippen molar-refractivity contribution in [1.29, 1.82) is 0 Å². The van der Waals surface area contributed by atoms with E-state index in [1.807, 2.05) is 18.3 Å². The SMILES string of the molecule is Nc1ccc(O)c(CN2CCCC2c2cccnc2)c1. The molecule has 0 radical (unpaired) electrons. The Labute approximate surface area is 118 Å². The Morgan fingerprint density at radius 2 is 2.25 bits per heavy atom. The number of benzene rings is 1. The zero-order valence-corrected chi connectivity index (χ0v) is 11.4. The molecule has 1 aliphatic heterocycles. The maximum atomic E-state index is 9.96. The highest BCUT2D eigenvalue weighted by molar-refractivity contribution is 5.47. The fourth-order valence-corrected chi connectivity index (χ4v) is 2.92. The maximum absolute atomic E-state index is 9.96. The highest BCUT2D eigenvalue weighted by atomic mass is 16.3. The lowest BCUT2D eigenvalue weighted by Gasteiger charge is -2.25. The average molecular weight is 269 g/mol. The van der Waals surface area contributed by atoms with Gasteiger partial charge in [0.1, 0.15) is 5.75 Å². The monoisotopic (exact) mass is 269 g/mol. The summed E-state index contributed by atoms with van der Waals surface area (Å²) in [5.41, 5.74) is 8.63. The van der Waals surface area contributed by atoms with Crippen LogP contribution in [-0.4, -0.2) is 21.5 Å². The Morgan fingerprint density at radius 3 is 3.05 bits per heavy atom. The average Bonchev–Trinajstić information content (AvgIpc) is 2.92. The number of aromatic nitrogens is 1. The number of hydrogen-bond donors (Lipinski definition) is 2. The highest BCUT2D eigenvalue weighted by Gasteiger charge is 2.26. The van der Waals surface area contributed by atoms with Crippen molar-refractivity contribution in [3.8, 4) is 5.75 Å². The number of likely N-dealkylation sites (tertiary alicyclic amines) is 1. The summed E-state index contributed by atoms with van der Waals surface area (Å²) < 4.78 is 0. The lowest BCUT2D eigenvalue weighted by molar-refractivity contribution is 0.245. The Morgan fingerprint density at radius 1 is 1.35 bits per heavy atom. The molecule has 1 aliphatic rings. The molecule has 0 spiro atoms. The van der Waals surface area contributed by atoms with Crippen LogP contribution in [0.1, 0.15) is 30.0 Å². The quantitative estimate of drug-likeness (QED) is 0.664. The molecule has 0 saturated carbocycles. The number of nitrogen functional groups attached to an aromatic ring is 1. The molecule has 4 nitrogen and oxygen atoms in total. The summed E-state index contributed by atoms with van der Waals surface area (Å²) in [5.74, 6) is 0.316. The second kappa shape index (κ2) is 5.51. The van der Waals surface area contributed by atoms with E-state index in [0.29, 0.717) is 17.5 Å². The van der Waals surface area contributed by atoms with E-state index >= 15 is 0 Å². The number of pyridine rings is 1. The standard InChI is InChI=1S/C16H19N3O/c17-14-5-6-16(20)13(9-14)11-19-8-2-4-15(19)12-3-1-7-18-10-12/h1,3,5-7,9-10,15,20H,2,4,8,11,17H2. The third-order valence-corrected chi connectivity index (χ3v) is 3.91. The van der Waals surface area contributed by atoms with Gasteiger partial charge in [-0.15, -0.1) is 0 Å². The molecule has 1 aromatic carbocycles. The predicted molar refractivity (Wildman–Crippen MR) is 79.1 cm³/mol. The molecule has 1 saturated heterocycles. The molecule has 1 aromatic heterocycles. The minimum atomic E-state index is 0.316. The predicted octanol–water partition coefficient (Wildman–Crippen LogP) is 2.71. The number of nitrogens with zero attached hydrogens (tertiary/aromatic N) is 2. The van der Waals surface area contributed by atoms with Gasteiger partial charge in [-0.3, -0.25) is 9.88 Å². The number of hydrogen-bond acceptors (Lipinski definition) is 4. The van der Waals surface area contributed by atoms with E-state index in [4.69, 9.17) is 5.73 Å². The molecule has 3 N–H and O–H groups in total. The van der Waals surface area contributed by atoms with E-state index in [9.17, 15) is 5.11 Å². The first-order valence-electron chi connectivity index (χ1n) is 6.95. The molecule has 0 bridgehead atoms. The van der Waals surface area contributed by atoms with Gasteiger partial charge in [0.05, 0.1) is 0 Å². The zero-order chi connectivity index (χ0) is 13.9. The lowest BCUT2D eigenvalue weighted by Crippen LogP contribution is -2.23. The maximum Gasteiger partial charge on any atom is 0.120 e. The fraction of sp³-hybridized carbons (Fsp3) is 0.312. The fourth-order valence-electron chi connectivity index (χ4n) is 2.92. The van der Waals surface area contributed by atoms with Gasteiger partial charge >= 0.3 is 0 Å². The molecule has 1 fully saturated rings. The molecule has 2 aromatic rings. The second-order valence-electron chi connectivity index (χ2n) is 5.30. The van der Waals surface area contributed by atoms with Crippen molar-refractivity contribution in [3.05, 3.63) is 53.9 Å². The molecule has 4 heteroatoms. The van der Waals surface area contributed by atoms with Crippen LogP contribution in [-0.2, 0) is 6.54 Å². The number of anilines is 1. The molecule has 2 heterocycles. The van der Waals surface area contributed by atoms with Gasteiger partial charge in [-0.1, -0.05) is 6.07 Å². The Kier molecular flexibility index (Phi) is 3.56.